The van der Waals surface area contributed by atoms with Crippen LogP contribution in [-0.2, 0) is 14.1 Å². The molecule has 0 saturated heterocycles. The molecule has 0 bridgehead atoms. The average Bonchev–Trinajstić information content (AvgIpc) is 2.43. The van der Waals surface area contributed by atoms with Gasteiger partial charge >= 0.3 is 5.69 Å². The summed E-state index contributed by atoms with van der Waals surface area (Å²) in [6, 6.07) is 5.53. The summed E-state index contributed by atoms with van der Waals surface area (Å²) in [5.41, 5.74) is -0.894. The van der Waals surface area contributed by atoms with Crippen molar-refractivity contribution in [1.82, 2.24) is 9.13 Å². The standard InChI is InChI=1S/C14H14FN3O3/c1-8(16-10-6-4-5-9(15)7-10)11-12(19)17(2)14(21)18(3)13(11)20/h4-7,19H,1-3H3. The number of aromatic hydroxyl groups is 1. The van der Waals surface area contributed by atoms with Crippen molar-refractivity contribution >= 4 is 11.4 Å². The Balaban J connectivity index is 2.67. The molecule has 0 saturated carbocycles. The lowest BCUT2D eigenvalue weighted by atomic mass is 10.2. The van der Waals surface area contributed by atoms with Gasteiger partial charge in [-0.05, 0) is 25.1 Å². The second-order valence-corrected chi connectivity index (χ2v) is 4.58. The fourth-order valence-electron chi connectivity index (χ4n) is 1.95. The zero-order valence-corrected chi connectivity index (χ0v) is 11.8. The van der Waals surface area contributed by atoms with Crippen LogP contribution in [0.15, 0.2) is 38.8 Å². The third-order valence-electron chi connectivity index (χ3n) is 3.10. The van der Waals surface area contributed by atoms with Crippen LogP contribution in [0.2, 0.25) is 0 Å². The van der Waals surface area contributed by atoms with Gasteiger partial charge in [-0.3, -0.25) is 18.9 Å². The van der Waals surface area contributed by atoms with Crippen molar-refractivity contribution in [3.63, 3.8) is 0 Å². The van der Waals surface area contributed by atoms with Crippen molar-refractivity contribution < 1.29 is 9.50 Å². The molecule has 2 rings (SSSR count). The quantitative estimate of drug-likeness (QED) is 0.841. The summed E-state index contributed by atoms with van der Waals surface area (Å²) in [4.78, 5) is 27.9. The molecular formula is C14H14FN3O3. The lowest BCUT2D eigenvalue weighted by Gasteiger charge is -2.10. The zero-order valence-electron chi connectivity index (χ0n) is 11.8. The number of hydrogen-bond acceptors (Lipinski definition) is 4. The highest BCUT2D eigenvalue weighted by atomic mass is 19.1. The Hall–Kier alpha value is -2.70. The van der Waals surface area contributed by atoms with E-state index in [0.29, 0.717) is 5.69 Å². The van der Waals surface area contributed by atoms with E-state index in [1.54, 1.807) is 6.07 Å². The molecule has 0 radical (unpaired) electrons. The number of benzene rings is 1. The Morgan fingerprint density at radius 1 is 1.24 bits per heavy atom. The van der Waals surface area contributed by atoms with Crippen molar-refractivity contribution in [2.45, 2.75) is 6.92 Å². The maximum atomic E-state index is 13.1. The first-order chi connectivity index (χ1) is 9.82. The maximum Gasteiger partial charge on any atom is 0.333 e. The van der Waals surface area contributed by atoms with Crippen molar-refractivity contribution in [3.8, 4) is 5.88 Å². The number of rotatable bonds is 2. The van der Waals surface area contributed by atoms with Crippen LogP contribution in [-0.4, -0.2) is 20.0 Å². The van der Waals surface area contributed by atoms with Crippen molar-refractivity contribution in [2.24, 2.45) is 19.1 Å². The molecule has 0 fully saturated rings. The smallest absolute Gasteiger partial charge is 0.333 e. The summed E-state index contributed by atoms with van der Waals surface area (Å²) in [5.74, 6) is -0.928. The molecule has 0 aliphatic heterocycles. The fraction of sp³-hybridized carbons (Fsp3) is 0.214. The van der Waals surface area contributed by atoms with Gasteiger partial charge in [-0.2, -0.15) is 0 Å². The molecule has 6 nitrogen and oxygen atoms in total. The van der Waals surface area contributed by atoms with Crippen LogP contribution in [0.25, 0.3) is 0 Å². The lowest BCUT2D eigenvalue weighted by Crippen LogP contribution is -2.39. The molecule has 0 aliphatic carbocycles. The molecule has 1 aromatic heterocycles. The summed E-state index contributed by atoms with van der Waals surface area (Å²) in [7, 11) is 2.65. The van der Waals surface area contributed by atoms with Gasteiger partial charge in [-0.1, -0.05) is 6.07 Å². The monoisotopic (exact) mass is 291 g/mol. The average molecular weight is 291 g/mol. The highest BCUT2D eigenvalue weighted by molar-refractivity contribution is 6.01. The van der Waals surface area contributed by atoms with E-state index in [2.05, 4.69) is 4.99 Å². The molecule has 1 N–H and O–H groups in total. The van der Waals surface area contributed by atoms with Crippen LogP contribution in [0, 0.1) is 5.82 Å². The van der Waals surface area contributed by atoms with Gasteiger partial charge in [0.1, 0.15) is 11.4 Å². The van der Waals surface area contributed by atoms with E-state index in [4.69, 9.17) is 0 Å². The first-order valence-corrected chi connectivity index (χ1v) is 6.13. The predicted molar refractivity (Wildman–Crippen MR) is 76.9 cm³/mol. The number of hydrogen-bond donors (Lipinski definition) is 1. The van der Waals surface area contributed by atoms with Crippen LogP contribution in [0.1, 0.15) is 12.5 Å². The van der Waals surface area contributed by atoms with E-state index >= 15 is 0 Å². The first kappa shape index (κ1) is 14.7. The Kier molecular flexibility index (Phi) is 3.75. The van der Waals surface area contributed by atoms with Crippen LogP contribution in [0.5, 0.6) is 5.88 Å². The Morgan fingerprint density at radius 2 is 1.90 bits per heavy atom. The lowest BCUT2D eigenvalue weighted by molar-refractivity contribution is 0.410. The molecule has 0 amide bonds. The fourth-order valence-corrected chi connectivity index (χ4v) is 1.95. The first-order valence-electron chi connectivity index (χ1n) is 6.13. The van der Waals surface area contributed by atoms with Crippen LogP contribution >= 0.6 is 0 Å². The number of nitrogens with zero attached hydrogens (tertiary/aromatic N) is 3. The highest BCUT2D eigenvalue weighted by Gasteiger charge is 2.17. The molecule has 0 spiro atoms. The normalized spacial score (nSPS) is 11.7. The van der Waals surface area contributed by atoms with Crippen LogP contribution < -0.4 is 11.2 Å². The summed E-state index contributed by atoms with van der Waals surface area (Å²) in [5, 5.41) is 9.98. The number of halogens is 1. The summed E-state index contributed by atoms with van der Waals surface area (Å²) in [6.07, 6.45) is 0. The van der Waals surface area contributed by atoms with E-state index < -0.39 is 22.9 Å². The van der Waals surface area contributed by atoms with E-state index in [1.165, 1.54) is 39.2 Å². The van der Waals surface area contributed by atoms with Crippen molar-refractivity contribution in [3.05, 3.63) is 56.5 Å². The molecule has 1 heterocycles. The number of aliphatic imine (C=N–C) groups is 1. The Morgan fingerprint density at radius 3 is 2.52 bits per heavy atom. The van der Waals surface area contributed by atoms with Gasteiger partial charge in [0.2, 0.25) is 5.88 Å². The largest absolute Gasteiger partial charge is 0.494 e. The Bertz CT molecular complexity index is 850. The van der Waals surface area contributed by atoms with Crippen LogP contribution in [0.3, 0.4) is 0 Å². The highest BCUT2D eigenvalue weighted by Crippen LogP contribution is 2.17. The predicted octanol–water partition coefficient (Wildman–Crippen LogP) is 1.07. The molecule has 0 atom stereocenters. The molecule has 110 valence electrons. The molecule has 0 unspecified atom stereocenters. The van der Waals surface area contributed by atoms with Gasteiger partial charge in [-0.25, -0.2) is 9.18 Å². The van der Waals surface area contributed by atoms with E-state index in [1.807, 2.05) is 0 Å². The minimum Gasteiger partial charge on any atom is -0.494 e. The topological polar surface area (TPSA) is 76.6 Å². The minimum atomic E-state index is -0.659. The maximum absolute atomic E-state index is 13.1. The summed E-state index contributed by atoms with van der Waals surface area (Å²) < 4.78 is 15.0. The molecule has 0 aliphatic rings. The second kappa shape index (κ2) is 5.35. The van der Waals surface area contributed by atoms with E-state index in [-0.39, 0.29) is 11.3 Å². The third-order valence-corrected chi connectivity index (χ3v) is 3.10. The molecular weight excluding hydrogens is 277 g/mol. The van der Waals surface area contributed by atoms with Crippen molar-refractivity contribution in [1.29, 1.82) is 0 Å². The van der Waals surface area contributed by atoms with Gasteiger partial charge in [0.05, 0.1) is 11.4 Å². The number of aromatic nitrogens is 2. The molecule has 21 heavy (non-hydrogen) atoms. The molecule has 7 heteroatoms. The van der Waals surface area contributed by atoms with E-state index in [0.717, 1.165) is 9.13 Å². The zero-order chi connectivity index (χ0) is 15.7. The minimum absolute atomic E-state index is 0.0936. The molecule has 2 aromatic rings. The van der Waals surface area contributed by atoms with Gasteiger partial charge in [0, 0.05) is 14.1 Å². The molecule has 1 aromatic carbocycles. The summed E-state index contributed by atoms with van der Waals surface area (Å²) in [6.45, 7) is 1.51. The second-order valence-electron chi connectivity index (χ2n) is 4.58. The van der Waals surface area contributed by atoms with Crippen molar-refractivity contribution in [2.75, 3.05) is 0 Å². The van der Waals surface area contributed by atoms with Gasteiger partial charge < -0.3 is 5.11 Å². The van der Waals surface area contributed by atoms with Crippen LogP contribution in [0.4, 0.5) is 10.1 Å². The van der Waals surface area contributed by atoms with Gasteiger partial charge in [0.25, 0.3) is 5.56 Å². The Labute approximate surface area is 119 Å². The SMILES string of the molecule is CC(=Nc1cccc(F)c1)c1c(O)n(C)c(=O)n(C)c1=O. The third kappa shape index (κ3) is 2.62. The van der Waals surface area contributed by atoms with E-state index in [9.17, 15) is 19.1 Å². The van der Waals surface area contributed by atoms with Gasteiger partial charge in [0.15, 0.2) is 0 Å². The summed E-state index contributed by atoms with van der Waals surface area (Å²) >= 11 is 0. The van der Waals surface area contributed by atoms with Gasteiger partial charge in [-0.15, -0.1) is 0 Å².